The Kier molecular flexibility index (Phi) is 3.92. The highest BCUT2D eigenvalue weighted by Gasteiger charge is 2.32. The molecule has 0 radical (unpaired) electrons. The summed E-state index contributed by atoms with van der Waals surface area (Å²) >= 11 is 1.53. The van der Waals surface area contributed by atoms with Gasteiger partial charge in [0.25, 0.3) is 0 Å². The quantitative estimate of drug-likeness (QED) is 0.559. The lowest BCUT2D eigenvalue weighted by molar-refractivity contribution is 0.0694. The average Bonchev–Trinajstić information content (AvgIpc) is 2.26. The van der Waals surface area contributed by atoms with Gasteiger partial charge in [0, 0.05) is 11.8 Å². The Morgan fingerprint density at radius 3 is 2.87 bits per heavy atom. The molecule has 0 amide bonds. The maximum absolute atomic E-state index is 7.27. The van der Waals surface area contributed by atoms with E-state index in [4.69, 9.17) is 11.1 Å². The molecule has 3 N–H and O–H groups in total. The highest BCUT2D eigenvalue weighted by molar-refractivity contribution is 8.13. The molecule has 2 heterocycles. The third kappa shape index (κ3) is 2.88. The van der Waals surface area contributed by atoms with Crippen molar-refractivity contribution in [2.75, 3.05) is 18.8 Å². The minimum absolute atomic E-state index is 0.280. The van der Waals surface area contributed by atoms with Crippen molar-refractivity contribution in [3.8, 4) is 0 Å². The monoisotopic (exact) mass is 227 g/mol. The molecular formula is C11H21N3S. The van der Waals surface area contributed by atoms with Gasteiger partial charge in [-0.25, -0.2) is 0 Å². The topological polar surface area (TPSA) is 53.1 Å². The van der Waals surface area contributed by atoms with Crippen molar-refractivity contribution in [3.63, 3.8) is 0 Å². The van der Waals surface area contributed by atoms with Crippen LogP contribution in [0.5, 0.6) is 0 Å². The summed E-state index contributed by atoms with van der Waals surface area (Å²) in [5.41, 5.74) is 5.41. The van der Waals surface area contributed by atoms with E-state index >= 15 is 0 Å². The number of nitrogens with two attached hydrogens (primary N) is 1. The lowest BCUT2D eigenvalue weighted by atomic mass is 9.85. The minimum atomic E-state index is 0.280. The zero-order valence-electron chi connectivity index (χ0n) is 9.24. The lowest BCUT2D eigenvalue weighted by Gasteiger charge is -2.44. The molecule has 0 saturated carbocycles. The van der Waals surface area contributed by atoms with Gasteiger partial charge < -0.3 is 10.6 Å². The largest absolute Gasteiger partial charge is 0.379 e. The number of piperidine rings is 2. The molecule has 15 heavy (non-hydrogen) atoms. The van der Waals surface area contributed by atoms with Crippen molar-refractivity contribution in [3.05, 3.63) is 0 Å². The Balaban J connectivity index is 1.88. The first-order valence-electron chi connectivity index (χ1n) is 5.98. The minimum Gasteiger partial charge on any atom is -0.379 e. The molecule has 3 nitrogen and oxygen atoms in total. The van der Waals surface area contributed by atoms with E-state index in [0.717, 1.165) is 17.7 Å². The molecule has 2 atom stereocenters. The first kappa shape index (κ1) is 11.3. The zero-order chi connectivity index (χ0) is 10.7. The van der Waals surface area contributed by atoms with Crippen LogP contribution in [0.3, 0.4) is 0 Å². The average molecular weight is 227 g/mol. The Bertz CT molecular complexity index is 230. The molecule has 4 heteroatoms. The van der Waals surface area contributed by atoms with Gasteiger partial charge in [-0.2, -0.15) is 0 Å². The van der Waals surface area contributed by atoms with Gasteiger partial charge in [-0.1, -0.05) is 18.2 Å². The molecule has 2 saturated heterocycles. The summed E-state index contributed by atoms with van der Waals surface area (Å²) in [4.78, 5) is 2.67. The summed E-state index contributed by atoms with van der Waals surface area (Å²) in [6, 6.07) is 0.791. The number of nitrogens with one attached hydrogen (secondary N) is 1. The molecule has 0 aromatic heterocycles. The first-order valence-corrected chi connectivity index (χ1v) is 6.97. The highest BCUT2D eigenvalue weighted by Crippen LogP contribution is 2.32. The van der Waals surface area contributed by atoms with Crippen LogP contribution in [-0.4, -0.2) is 35.0 Å². The van der Waals surface area contributed by atoms with Crippen LogP contribution in [0.15, 0.2) is 0 Å². The van der Waals surface area contributed by atoms with Crippen molar-refractivity contribution < 1.29 is 0 Å². The Morgan fingerprint density at radius 1 is 1.27 bits per heavy atom. The highest BCUT2D eigenvalue weighted by atomic mass is 32.2. The Morgan fingerprint density at radius 2 is 2.07 bits per heavy atom. The summed E-state index contributed by atoms with van der Waals surface area (Å²) in [7, 11) is 0. The molecule has 2 aliphatic heterocycles. The van der Waals surface area contributed by atoms with Gasteiger partial charge in [-0.05, 0) is 44.7 Å². The second-order valence-corrected chi connectivity index (χ2v) is 5.74. The second kappa shape index (κ2) is 5.21. The van der Waals surface area contributed by atoms with E-state index in [1.807, 2.05) is 0 Å². The summed E-state index contributed by atoms with van der Waals surface area (Å²) in [6.07, 6.45) is 6.80. The van der Waals surface area contributed by atoms with Crippen molar-refractivity contribution in [2.24, 2.45) is 11.7 Å². The Hall–Kier alpha value is -0.220. The van der Waals surface area contributed by atoms with Crippen LogP contribution < -0.4 is 5.73 Å². The van der Waals surface area contributed by atoms with Crippen LogP contribution in [-0.2, 0) is 0 Å². The molecule has 86 valence electrons. The smallest absolute Gasteiger partial charge is 0.151 e. The number of nitrogens with zero attached hydrogens (tertiary/aromatic N) is 1. The fourth-order valence-corrected chi connectivity index (χ4v) is 3.75. The Labute approximate surface area is 96.3 Å². The summed E-state index contributed by atoms with van der Waals surface area (Å²) in [5, 5.41) is 7.55. The molecule has 0 spiro atoms. The van der Waals surface area contributed by atoms with Gasteiger partial charge in [0.15, 0.2) is 5.17 Å². The molecule has 0 bridgehead atoms. The van der Waals surface area contributed by atoms with Crippen LogP contribution >= 0.6 is 11.8 Å². The molecule has 0 aromatic carbocycles. The lowest BCUT2D eigenvalue weighted by Crippen LogP contribution is -2.48. The molecular weight excluding hydrogens is 206 g/mol. The zero-order valence-corrected chi connectivity index (χ0v) is 10.1. The number of hydrogen-bond donors (Lipinski definition) is 2. The van der Waals surface area contributed by atoms with Crippen LogP contribution in [0.2, 0.25) is 0 Å². The molecule has 0 unspecified atom stereocenters. The van der Waals surface area contributed by atoms with Gasteiger partial charge in [-0.3, -0.25) is 5.41 Å². The van der Waals surface area contributed by atoms with Crippen LogP contribution in [0.1, 0.15) is 32.1 Å². The number of thioether (sulfide) groups is 1. The van der Waals surface area contributed by atoms with Gasteiger partial charge in [0.2, 0.25) is 0 Å². The van der Waals surface area contributed by atoms with Crippen molar-refractivity contribution >= 4 is 16.9 Å². The fourth-order valence-electron chi connectivity index (χ4n) is 2.97. The van der Waals surface area contributed by atoms with Crippen molar-refractivity contribution in [1.29, 1.82) is 5.41 Å². The van der Waals surface area contributed by atoms with Gasteiger partial charge in [-0.15, -0.1) is 0 Å². The normalized spacial score (nSPS) is 32.3. The van der Waals surface area contributed by atoms with E-state index in [9.17, 15) is 0 Å². The van der Waals surface area contributed by atoms with E-state index in [0.29, 0.717) is 0 Å². The second-order valence-electron chi connectivity index (χ2n) is 4.68. The number of hydrogen-bond acceptors (Lipinski definition) is 3. The van der Waals surface area contributed by atoms with E-state index in [1.165, 1.54) is 57.0 Å². The number of rotatable bonds is 2. The summed E-state index contributed by atoms with van der Waals surface area (Å²) < 4.78 is 0. The standard InChI is InChI=1S/C11H21N3S/c12-11(13)15-8-9-4-3-7-14-6-2-1-5-10(9)14/h9-10H,1-8H2,(H3,12,13)/t9-,10+/m0/s1. The van der Waals surface area contributed by atoms with Crippen LogP contribution in [0.4, 0.5) is 0 Å². The molecule has 2 aliphatic rings. The fraction of sp³-hybridized carbons (Fsp3) is 0.909. The molecule has 2 fully saturated rings. The maximum atomic E-state index is 7.27. The van der Waals surface area contributed by atoms with E-state index in [1.54, 1.807) is 0 Å². The summed E-state index contributed by atoms with van der Waals surface area (Å²) in [6.45, 7) is 2.60. The first-order chi connectivity index (χ1) is 7.27. The van der Waals surface area contributed by atoms with Gasteiger partial charge >= 0.3 is 0 Å². The molecule has 0 aliphatic carbocycles. The predicted octanol–water partition coefficient (Wildman–Crippen LogP) is 1.88. The third-order valence-electron chi connectivity index (χ3n) is 3.68. The van der Waals surface area contributed by atoms with Crippen LogP contribution in [0.25, 0.3) is 0 Å². The predicted molar refractivity (Wildman–Crippen MR) is 66.3 cm³/mol. The number of amidine groups is 1. The SMILES string of the molecule is N=C(N)SC[C@@H]1CCCN2CCCC[C@H]12. The van der Waals surface area contributed by atoms with E-state index in [2.05, 4.69) is 4.90 Å². The van der Waals surface area contributed by atoms with Crippen molar-refractivity contribution in [2.45, 2.75) is 38.1 Å². The third-order valence-corrected chi connectivity index (χ3v) is 4.59. The molecule has 2 rings (SSSR count). The summed E-state index contributed by atoms with van der Waals surface area (Å²) in [5.74, 6) is 1.82. The van der Waals surface area contributed by atoms with Gasteiger partial charge in [0.1, 0.15) is 0 Å². The maximum Gasteiger partial charge on any atom is 0.151 e. The van der Waals surface area contributed by atoms with E-state index in [-0.39, 0.29) is 5.17 Å². The van der Waals surface area contributed by atoms with E-state index < -0.39 is 0 Å². The molecule has 0 aromatic rings. The van der Waals surface area contributed by atoms with Crippen LogP contribution in [0, 0.1) is 11.3 Å². The van der Waals surface area contributed by atoms with Crippen molar-refractivity contribution in [1.82, 2.24) is 4.90 Å². The van der Waals surface area contributed by atoms with Gasteiger partial charge in [0.05, 0.1) is 0 Å². The number of fused-ring (bicyclic) bond motifs is 1.